The Bertz CT molecular complexity index is 1430. The quantitative estimate of drug-likeness (QED) is 0.265. The summed E-state index contributed by atoms with van der Waals surface area (Å²) in [5.41, 5.74) is 5.91. The minimum absolute atomic E-state index is 0.0136. The smallest absolute Gasteiger partial charge is 0.306 e. The largest absolute Gasteiger partial charge is 0.493 e. The third-order valence-electron chi connectivity index (χ3n) is 6.88. The van der Waals surface area contributed by atoms with Crippen LogP contribution in [0, 0.1) is 0 Å². The molecule has 0 spiro atoms. The molecule has 3 aromatic carbocycles. The van der Waals surface area contributed by atoms with Gasteiger partial charge in [0.15, 0.2) is 11.5 Å². The first-order valence-electron chi connectivity index (χ1n) is 12.1. The molecule has 2 atom stereocenters. The summed E-state index contributed by atoms with van der Waals surface area (Å²) in [6.45, 7) is 3.78. The van der Waals surface area contributed by atoms with Crippen LogP contribution in [0.3, 0.4) is 0 Å². The number of quaternary nitrogens is 1. The topological polar surface area (TPSA) is 79.8 Å². The Morgan fingerprint density at radius 1 is 0.973 bits per heavy atom. The Labute approximate surface area is 216 Å². The summed E-state index contributed by atoms with van der Waals surface area (Å²) in [6, 6.07) is 17.8. The van der Waals surface area contributed by atoms with Gasteiger partial charge in [-0.25, -0.2) is 14.3 Å². The zero-order valence-electron chi connectivity index (χ0n) is 21.4. The van der Waals surface area contributed by atoms with E-state index in [0.717, 1.165) is 39.8 Å². The van der Waals surface area contributed by atoms with Crippen molar-refractivity contribution in [3.63, 3.8) is 0 Å². The number of hydrogen-bond acceptors (Lipinski definition) is 7. The van der Waals surface area contributed by atoms with E-state index >= 15 is 0 Å². The summed E-state index contributed by atoms with van der Waals surface area (Å²) < 4.78 is 22.4. The number of fused-ring (bicyclic) bond motifs is 1. The minimum Gasteiger partial charge on any atom is -0.493 e. The van der Waals surface area contributed by atoms with Gasteiger partial charge in [0.2, 0.25) is 5.75 Å². The fraction of sp³-hybridized carbons (Fsp3) is 0.276. The second-order valence-electron chi connectivity index (χ2n) is 9.12. The Kier molecular flexibility index (Phi) is 6.78. The van der Waals surface area contributed by atoms with Gasteiger partial charge < -0.3 is 18.9 Å². The van der Waals surface area contributed by atoms with Crippen molar-refractivity contribution in [2.75, 3.05) is 41.0 Å². The van der Waals surface area contributed by atoms with Gasteiger partial charge in [0.1, 0.15) is 24.9 Å². The maximum atomic E-state index is 12.3. The highest BCUT2D eigenvalue weighted by Gasteiger charge is 2.36. The predicted molar refractivity (Wildman–Crippen MR) is 143 cm³/mol. The fourth-order valence-corrected chi connectivity index (χ4v) is 5.00. The molecule has 8 nitrogen and oxygen atoms in total. The number of rotatable bonds is 7. The van der Waals surface area contributed by atoms with E-state index in [1.165, 1.54) is 0 Å². The van der Waals surface area contributed by atoms with Crippen LogP contribution in [0.4, 0.5) is 5.69 Å². The van der Waals surface area contributed by atoms with E-state index in [9.17, 15) is 4.79 Å². The van der Waals surface area contributed by atoms with Gasteiger partial charge in [-0.2, -0.15) is 0 Å². The molecule has 8 heteroatoms. The van der Waals surface area contributed by atoms with Gasteiger partial charge in [-0.1, -0.05) is 24.3 Å². The molecule has 2 unspecified atom stereocenters. The standard InChI is InChI=1S/C29H30N3O5/c1-19-17-32(18-33,11-12-37-19)22-8-5-7-20(13-22)23-9-6-10-24-28(23)30-16-25(31-24)21-14-26(34-2)29(36-4)27(15-21)35-3/h5-10,13-16,18-19H,11-12,17H2,1-4H3/q+1. The average Bonchev–Trinajstić information content (AvgIpc) is 2.95. The number of benzene rings is 3. The molecule has 0 aliphatic carbocycles. The Morgan fingerprint density at radius 2 is 1.73 bits per heavy atom. The van der Waals surface area contributed by atoms with Crippen LogP contribution in [0.5, 0.6) is 17.2 Å². The number of aromatic nitrogens is 2. The summed E-state index contributed by atoms with van der Waals surface area (Å²) in [6.07, 6.45) is 2.80. The molecule has 1 fully saturated rings. The molecule has 0 bridgehead atoms. The van der Waals surface area contributed by atoms with Gasteiger partial charge in [-0.3, -0.25) is 4.98 Å². The number of carbonyl (C=O) groups is 1. The molecule has 1 aliphatic rings. The van der Waals surface area contributed by atoms with Crippen molar-refractivity contribution in [3.8, 4) is 39.6 Å². The predicted octanol–water partition coefficient (Wildman–Crippen LogP) is 4.87. The number of carbonyl (C=O) groups excluding carboxylic acids is 1. The van der Waals surface area contributed by atoms with Crippen molar-refractivity contribution in [2.24, 2.45) is 0 Å². The molecule has 1 aromatic heterocycles. The third-order valence-corrected chi connectivity index (χ3v) is 6.88. The van der Waals surface area contributed by atoms with Crippen molar-refractivity contribution in [1.29, 1.82) is 0 Å². The molecule has 5 rings (SSSR count). The van der Waals surface area contributed by atoms with Crippen molar-refractivity contribution < 1.29 is 23.7 Å². The van der Waals surface area contributed by atoms with E-state index in [1.54, 1.807) is 27.5 Å². The van der Waals surface area contributed by atoms with Gasteiger partial charge in [0.25, 0.3) is 0 Å². The normalized spacial score (nSPS) is 19.4. The summed E-state index contributed by atoms with van der Waals surface area (Å²) in [5, 5.41) is 0. The Morgan fingerprint density at radius 3 is 2.41 bits per heavy atom. The van der Waals surface area contributed by atoms with E-state index in [-0.39, 0.29) is 10.6 Å². The fourth-order valence-electron chi connectivity index (χ4n) is 5.00. The van der Waals surface area contributed by atoms with Crippen LogP contribution in [0.15, 0.2) is 60.8 Å². The molecular weight excluding hydrogens is 470 g/mol. The summed E-state index contributed by atoms with van der Waals surface area (Å²) in [7, 11) is 4.74. The summed E-state index contributed by atoms with van der Waals surface area (Å²) >= 11 is 0. The van der Waals surface area contributed by atoms with Gasteiger partial charge in [-0.15, -0.1) is 0 Å². The lowest BCUT2D eigenvalue weighted by molar-refractivity contribution is -0.123. The number of nitrogens with zero attached hydrogens (tertiary/aromatic N) is 3. The van der Waals surface area contributed by atoms with Crippen LogP contribution in [-0.4, -0.2) is 63.5 Å². The van der Waals surface area contributed by atoms with Crippen LogP contribution in [0.1, 0.15) is 6.92 Å². The van der Waals surface area contributed by atoms with Gasteiger partial charge in [-0.05, 0) is 36.8 Å². The van der Waals surface area contributed by atoms with Crippen LogP contribution >= 0.6 is 0 Å². The number of ether oxygens (including phenoxy) is 4. The van der Waals surface area contributed by atoms with Gasteiger partial charge in [0, 0.05) is 17.2 Å². The second kappa shape index (κ2) is 10.2. The van der Waals surface area contributed by atoms with Crippen LogP contribution < -0.4 is 18.7 Å². The molecule has 0 N–H and O–H groups in total. The van der Waals surface area contributed by atoms with Crippen LogP contribution in [-0.2, 0) is 9.53 Å². The van der Waals surface area contributed by atoms with E-state index in [1.807, 2.05) is 55.5 Å². The number of morpholine rings is 1. The molecule has 190 valence electrons. The van der Waals surface area contributed by atoms with Crippen molar-refractivity contribution in [3.05, 3.63) is 60.8 Å². The molecule has 4 aromatic rings. The molecule has 1 amide bonds. The number of amides is 1. The van der Waals surface area contributed by atoms with Crippen LogP contribution in [0.2, 0.25) is 0 Å². The van der Waals surface area contributed by atoms with Gasteiger partial charge >= 0.3 is 6.41 Å². The first-order valence-corrected chi connectivity index (χ1v) is 12.1. The second-order valence-corrected chi connectivity index (χ2v) is 9.12. The zero-order chi connectivity index (χ0) is 26.0. The number of methoxy groups -OCH3 is 3. The van der Waals surface area contributed by atoms with Crippen LogP contribution in [0.25, 0.3) is 33.4 Å². The van der Waals surface area contributed by atoms with E-state index in [0.29, 0.717) is 42.6 Å². The molecule has 0 saturated carbocycles. The highest BCUT2D eigenvalue weighted by Crippen LogP contribution is 2.41. The minimum atomic E-state index is 0.0136. The average molecular weight is 501 g/mol. The molecule has 0 radical (unpaired) electrons. The van der Waals surface area contributed by atoms with E-state index in [2.05, 4.69) is 6.07 Å². The number of para-hydroxylation sites is 1. The first-order chi connectivity index (χ1) is 18.0. The highest BCUT2D eigenvalue weighted by atomic mass is 16.5. The molecule has 37 heavy (non-hydrogen) atoms. The Balaban J connectivity index is 1.57. The first kappa shape index (κ1) is 24.7. The van der Waals surface area contributed by atoms with Gasteiger partial charge in [0.05, 0.1) is 50.9 Å². The van der Waals surface area contributed by atoms with Crippen molar-refractivity contribution in [2.45, 2.75) is 13.0 Å². The SMILES string of the molecule is COc1cc(-c2cnc3c(-c4cccc([N+]5(C=O)CCOC(C)C5)c4)cccc3n2)cc(OC)c1OC. The van der Waals surface area contributed by atoms with Crippen molar-refractivity contribution >= 4 is 23.1 Å². The lowest BCUT2D eigenvalue weighted by Gasteiger charge is -2.37. The lowest BCUT2D eigenvalue weighted by atomic mass is 10.0. The van der Waals surface area contributed by atoms with E-state index < -0.39 is 0 Å². The maximum Gasteiger partial charge on any atom is 0.306 e. The molecular formula is C29H30N3O5+. The lowest BCUT2D eigenvalue weighted by Crippen LogP contribution is -2.58. The third kappa shape index (κ3) is 4.50. The van der Waals surface area contributed by atoms with Crippen molar-refractivity contribution in [1.82, 2.24) is 14.5 Å². The number of hydrogen-bond donors (Lipinski definition) is 0. The monoisotopic (exact) mass is 500 g/mol. The molecule has 2 heterocycles. The maximum absolute atomic E-state index is 12.3. The summed E-state index contributed by atoms with van der Waals surface area (Å²) in [5.74, 6) is 1.62. The van der Waals surface area contributed by atoms with E-state index in [4.69, 9.17) is 28.9 Å². The molecule has 1 aliphatic heterocycles. The zero-order valence-corrected chi connectivity index (χ0v) is 21.4. The Hall–Kier alpha value is -4.01. The summed E-state index contributed by atoms with van der Waals surface area (Å²) in [4.78, 5) is 22.0. The molecule has 1 saturated heterocycles. The highest BCUT2D eigenvalue weighted by molar-refractivity contribution is 5.93.